The molecule has 0 bridgehead atoms. The van der Waals surface area contributed by atoms with Crippen LogP contribution in [0.4, 0.5) is 0 Å². The summed E-state index contributed by atoms with van der Waals surface area (Å²) in [6, 6.07) is 9.74. The molecule has 17 heavy (non-hydrogen) atoms. The van der Waals surface area contributed by atoms with Gasteiger partial charge in [-0.25, -0.2) is 4.79 Å². The van der Waals surface area contributed by atoms with Crippen molar-refractivity contribution in [3.63, 3.8) is 0 Å². The van der Waals surface area contributed by atoms with E-state index in [0.717, 1.165) is 31.9 Å². The lowest BCUT2D eigenvalue weighted by molar-refractivity contribution is -0.900. The first-order valence-electron chi connectivity index (χ1n) is 5.95. The first-order valence-corrected chi connectivity index (χ1v) is 5.95. The minimum Gasteiger partial charge on any atom is -0.457 e. The molecule has 0 radical (unpaired) electrons. The number of hydrogen-bond donors (Lipinski definition) is 1. The molecule has 4 nitrogen and oxygen atoms in total. The molecule has 4 heteroatoms. The van der Waals surface area contributed by atoms with Gasteiger partial charge in [-0.1, -0.05) is 30.3 Å². The molecule has 1 aliphatic heterocycles. The van der Waals surface area contributed by atoms with Crippen molar-refractivity contribution < 1.29 is 19.2 Å². The van der Waals surface area contributed by atoms with Gasteiger partial charge >= 0.3 is 5.97 Å². The van der Waals surface area contributed by atoms with Crippen molar-refractivity contribution in [1.29, 1.82) is 0 Å². The lowest BCUT2D eigenvalue weighted by Gasteiger charge is -2.22. The van der Waals surface area contributed by atoms with Crippen molar-refractivity contribution in [2.24, 2.45) is 0 Å². The molecular formula is C13H18NO3+. The fraction of sp³-hybridized carbons (Fsp3) is 0.462. The molecule has 1 aliphatic rings. The second kappa shape index (κ2) is 6.37. The highest BCUT2D eigenvalue weighted by atomic mass is 16.5. The Labute approximate surface area is 101 Å². The molecular weight excluding hydrogens is 218 g/mol. The van der Waals surface area contributed by atoms with Crippen LogP contribution < -0.4 is 4.90 Å². The summed E-state index contributed by atoms with van der Waals surface area (Å²) in [5.74, 6) is -0.134. The highest BCUT2D eigenvalue weighted by molar-refractivity contribution is 5.70. The lowest BCUT2D eigenvalue weighted by Crippen LogP contribution is -3.15. The van der Waals surface area contributed by atoms with E-state index in [-0.39, 0.29) is 5.97 Å². The van der Waals surface area contributed by atoms with Crippen LogP contribution in [0.3, 0.4) is 0 Å². The summed E-state index contributed by atoms with van der Waals surface area (Å²) in [7, 11) is 0. The minimum absolute atomic E-state index is 0.134. The predicted octanol–water partition coefficient (Wildman–Crippen LogP) is -0.355. The summed E-state index contributed by atoms with van der Waals surface area (Å²) >= 11 is 0. The second-order valence-corrected chi connectivity index (χ2v) is 4.19. The first-order chi connectivity index (χ1) is 8.34. The van der Waals surface area contributed by atoms with Gasteiger partial charge in [0.05, 0.1) is 13.2 Å². The molecule has 2 rings (SSSR count). The molecule has 0 aromatic heterocycles. The minimum atomic E-state index is -0.134. The van der Waals surface area contributed by atoms with Crippen LogP contribution in [0.2, 0.25) is 0 Å². The second-order valence-electron chi connectivity index (χ2n) is 4.19. The number of morpholine rings is 1. The quantitative estimate of drug-likeness (QED) is 0.726. The predicted molar refractivity (Wildman–Crippen MR) is 62.6 cm³/mol. The van der Waals surface area contributed by atoms with E-state index in [2.05, 4.69) is 0 Å². The SMILES string of the molecule is O=C(C[NH+]1CCOCC1)OCc1ccccc1. The van der Waals surface area contributed by atoms with Gasteiger partial charge in [0.25, 0.3) is 0 Å². The van der Waals surface area contributed by atoms with Crippen molar-refractivity contribution in [2.45, 2.75) is 6.61 Å². The molecule has 0 saturated carbocycles. The molecule has 1 heterocycles. The molecule has 0 atom stereocenters. The zero-order chi connectivity index (χ0) is 11.9. The average Bonchev–Trinajstić information content (AvgIpc) is 2.39. The number of ether oxygens (including phenoxy) is 2. The zero-order valence-electron chi connectivity index (χ0n) is 9.85. The third-order valence-corrected chi connectivity index (χ3v) is 2.84. The highest BCUT2D eigenvalue weighted by Crippen LogP contribution is 1.99. The van der Waals surface area contributed by atoms with Gasteiger partial charge in [-0.3, -0.25) is 0 Å². The number of rotatable bonds is 4. The summed E-state index contributed by atoms with van der Waals surface area (Å²) in [5.41, 5.74) is 1.03. The van der Waals surface area contributed by atoms with Gasteiger partial charge in [-0.15, -0.1) is 0 Å². The number of carbonyl (C=O) groups excluding carboxylic acids is 1. The van der Waals surface area contributed by atoms with Crippen LogP contribution in [0.15, 0.2) is 30.3 Å². The van der Waals surface area contributed by atoms with Gasteiger partial charge in [0.1, 0.15) is 19.7 Å². The molecule has 0 amide bonds. The first kappa shape index (κ1) is 12.1. The van der Waals surface area contributed by atoms with E-state index < -0.39 is 0 Å². The molecule has 1 aromatic rings. The van der Waals surface area contributed by atoms with Crippen LogP contribution in [-0.2, 0) is 20.9 Å². The largest absolute Gasteiger partial charge is 0.457 e. The maximum absolute atomic E-state index is 11.6. The van der Waals surface area contributed by atoms with Gasteiger partial charge in [0.15, 0.2) is 6.54 Å². The van der Waals surface area contributed by atoms with Gasteiger partial charge in [-0.2, -0.15) is 0 Å². The van der Waals surface area contributed by atoms with Crippen LogP contribution in [0.25, 0.3) is 0 Å². The molecule has 0 spiro atoms. The van der Waals surface area contributed by atoms with E-state index in [4.69, 9.17) is 9.47 Å². The third-order valence-electron chi connectivity index (χ3n) is 2.84. The van der Waals surface area contributed by atoms with E-state index in [9.17, 15) is 4.79 Å². The third kappa shape index (κ3) is 4.17. The highest BCUT2D eigenvalue weighted by Gasteiger charge is 2.18. The van der Waals surface area contributed by atoms with Crippen molar-refractivity contribution >= 4 is 5.97 Å². The molecule has 1 saturated heterocycles. The zero-order valence-corrected chi connectivity index (χ0v) is 9.85. The Bertz CT molecular complexity index is 347. The van der Waals surface area contributed by atoms with Crippen LogP contribution in [0.5, 0.6) is 0 Å². The Morgan fingerprint density at radius 2 is 1.94 bits per heavy atom. The van der Waals surface area contributed by atoms with E-state index in [1.807, 2.05) is 30.3 Å². The van der Waals surface area contributed by atoms with Gasteiger partial charge in [-0.05, 0) is 5.56 Å². The topological polar surface area (TPSA) is 40.0 Å². The monoisotopic (exact) mass is 236 g/mol. The standard InChI is InChI=1S/C13H17NO3/c15-13(10-14-6-8-16-9-7-14)17-11-12-4-2-1-3-5-12/h1-5H,6-11H2/p+1. The Morgan fingerprint density at radius 3 is 2.65 bits per heavy atom. The van der Waals surface area contributed by atoms with Crippen LogP contribution >= 0.6 is 0 Å². The fourth-order valence-electron chi connectivity index (χ4n) is 1.83. The van der Waals surface area contributed by atoms with Crippen molar-refractivity contribution in [3.8, 4) is 0 Å². The Balaban J connectivity index is 1.70. The molecule has 92 valence electrons. The molecule has 0 unspecified atom stereocenters. The normalized spacial score (nSPS) is 16.7. The van der Waals surface area contributed by atoms with Crippen LogP contribution in [0.1, 0.15) is 5.56 Å². The van der Waals surface area contributed by atoms with Crippen molar-refractivity contribution in [2.75, 3.05) is 32.8 Å². The lowest BCUT2D eigenvalue weighted by atomic mass is 10.2. The number of hydrogen-bond acceptors (Lipinski definition) is 3. The van der Waals surface area contributed by atoms with E-state index in [1.54, 1.807) is 0 Å². The number of carbonyl (C=O) groups is 1. The maximum atomic E-state index is 11.6. The van der Waals surface area contributed by atoms with E-state index in [0.29, 0.717) is 13.2 Å². The summed E-state index contributed by atoms with van der Waals surface area (Å²) < 4.78 is 10.5. The van der Waals surface area contributed by atoms with Crippen molar-refractivity contribution in [3.05, 3.63) is 35.9 Å². The summed E-state index contributed by atoms with van der Waals surface area (Å²) in [4.78, 5) is 12.8. The Morgan fingerprint density at radius 1 is 1.24 bits per heavy atom. The maximum Gasteiger partial charge on any atom is 0.362 e. The van der Waals surface area contributed by atoms with Gasteiger partial charge < -0.3 is 14.4 Å². The molecule has 1 fully saturated rings. The van der Waals surface area contributed by atoms with E-state index in [1.165, 1.54) is 4.90 Å². The number of quaternary nitrogens is 1. The number of nitrogens with one attached hydrogen (secondary N) is 1. The van der Waals surface area contributed by atoms with Crippen molar-refractivity contribution in [1.82, 2.24) is 0 Å². The summed E-state index contributed by atoms with van der Waals surface area (Å²) in [5, 5.41) is 0. The summed E-state index contributed by atoms with van der Waals surface area (Å²) in [6.07, 6.45) is 0. The Kier molecular flexibility index (Phi) is 4.53. The number of esters is 1. The number of benzene rings is 1. The fourth-order valence-corrected chi connectivity index (χ4v) is 1.83. The van der Waals surface area contributed by atoms with Gasteiger partial charge in [0, 0.05) is 0 Å². The Hall–Kier alpha value is -1.39. The molecule has 0 aliphatic carbocycles. The summed E-state index contributed by atoms with van der Waals surface area (Å²) in [6.45, 7) is 4.06. The van der Waals surface area contributed by atoms with Gasteiger partial charge in [0.2, 0.25) is 0 Å². The smallest absolute Gasteiger partial charge is 0.362 e. The van der Waals surface area contributed by atoms with Crippen LogP contribution in [0, 0.1) is 0 Å². The molecule has 1 N–H and O–H groups in total. The average molecular weight is 236 g/mol. The molecule has 1 aromatic carbocycles. The van der Waals surface area contributed by atoms with E-state index >= 15 is 0 Å². The van der Waals surface area contributed by atoms with Crippen LogP contribution in [-0.4, -0.2) is 38.8 Å².